The maximum atomic E-state index is 3.54. The number of likely N-dealkylation sites (tertiary alicyclic amines) is 1. The van der Waals surface area contributed by atoms with E-state index in [0.717, 1.165) is 6.04 Å². The minimum atomic E-state index is 0.654. The minimum absolute atomic E-state index is 0.654. The predicted molar refractivity (Wildman–Crippen MR) is 65.1 cm³/mol. The molecular formula is C13H26N2. The van der Waals surface area contributed by atoms with Crippen LogP contribution < -0.4 is 5.32 Å². The van der Waals surface area contributed by atoms with Crippen LogP contribution in [0, 0.1) is 5.41 Å². The molecule has 2 saturated heterocycles. The third-order valence-corrected chi connectivity index (χ3v) is 4.41. The van der Waals surface area contributed by atoms with E-state index < -0.39 is 0 Å². The Bertz CT molecular complexity index is 197. The smallest absolute Gasteiger partial charge is 0.00927 e. The van der Waals surface area contributed by atoms with E-state index in [4.69, 9.17) is 0 Å². The van der Waals surface area contributed by atoms with Crippen LogP contribution in [-0.4, -0.2) is 37.1 Å². The molecule has 2 rings (SSSR count). The first-order chi connectivity index (χ1) is 7.29. The summed E-state index contributed by atoms with van der Waals surface area (Å²) in [5.74, 6) is 0. The molecule has 0 aliphatic carbocycles. The molecule has 2 heteroatoms. The summed E-state index contributed by atoms with van der Waals surface area (Å²) in [6.07, 6.45) is 6.89. The van der Waals surface area contributed by atoms with Crippen LogP contribution in [0.2, 0.25) is 0 Å². The van der Waals surface area contributed by atoms with Gasteiger partial charge in [0.15, 0.2) is 0 Å². The molecule has 0 aromatic carbocycles. The van der Waals surface area contributed by atoms with Crippen molar-refractivity contribution in [1.29, 1.82) is 0 Å². The molecule has 0 bridgehead atoms. The largest absolute Gasteiger partial charge is 0.316 e. The summed E-state index contributed by atoms with van der Waals surface area (Å²) in [6, 6.07) is 0.856. The van der Waals surface area contributed by atoms with Gasteiger partial charge in [-0.1, -0.05) is 20.3 Å². The molecular weight excluding hydrogens is 184 g/mol. The van der Waals surface area contributed by atoms with E-state index in [1.54, 1.807) is 0 Å². The van der Waals surface area contributed by atoms with Gasteiger partial charge in [-0.2, -0.15) is 0 Å². The van der Waals surface area contributed by atoms with Crippen LogP contribution in [0.25, 0.3) is 0 Å². The van der Waals surface area contributed by atoms with Gasteiger partial charge in [0.05, 0.1) is 0 Å². The number of rotatable bonds is 4. The Balaban J connectivity index is 1.90. The Morgan fingerprint density at radius 1 is 1.33 bits per heavy atom. The predicted octanol–water partition coefficient (Wildman–Crippen LogP) is 2.25. The van der Waals surface area contributed by atoms with Crippen LogP contribution in [-0.2, 0) is 0 Å². The Hall–Kier alpha value is -0.0800. The lowest BCUT2D eigenvalue weighted by atomic mass is 9.86. The number of nitrogens with one attached hydrogen (secondary N) is 1. The van der Waals surface area contributed by atoms with E-state index in [1.807, 2.05) is 0 Å². The number of nitrogens with zero attached hydrogens (tertiary/aromatic N) is 1. The lowest BCUT2D eigenvalue weighted by molar-refractivity contribution is 0.195. The average molecular weight is 210 g/mol. The molecule has 1 N–H and O–H groups in total. The highest BCUT2D eigenvalue weighted by atomic mass is 15.2. The van der Waals surface area contributed by atoms with Gasteiger partial charge in [-0.3, -0.25) is 4.90 Å². The summed E-state index contributed by atoms with van der Waals surface area (Å²) in [5.41, 5.74) is 0.654. The molecule has 2 aliphatic rings. The molecule has 88 valence electrons. The maximum Gasteiger partial charge on any atom is 0.00927 e. The molecule has 2 aliphatic heterocycles. The minimum Gasteiger partial charge on any atom is -0.316 e. The Labute approximate surface area is 94.4 Å². The number of hydrogen-bond acceptors (Lipinski definition) is 2. The molecule has 2 fully saturated rings. The fourth-order valence-electron chi connectivity index (χ4n) is 3.40. The van der Waals surface area contributed by atoms with Gasteiger partial charge in [0, 0.05) is 19.1 Å². The zero-order chi connectivity index (χ0) is 10.7. The van der Waals surface area contributed by atoms with Crippen LogP contribution >= 0.6 is 0 Å². The molecule has 2 unspecified atom stereocenters. The molecule has 0 aromatic rings. The Morgan fingerprint density at radius 3 is 2.80 bits per heavy atom. The lowest BCUT2D eigenvalue weighted by Crippen LogP contribution is -2.36. The van der Waals surface area contributed by atoms with Gasteiger partial charge in [0.1, 0.15) is 0 Å². The van der Waals surface area contributed by atoms with Crippen molar-refractivity contribution in [2.75, 3.05) is 26.2 Å². The van der Waals surface area contributed by atoms with Gasteiger partial charge >= 0.3 is 0 Å². The highest BCUT2D eigenvalue weighted by Gasteiger charge is 2.41. The van der Waals surface area contributed by atoms with Crippen molar-refractivity contribution in [3.63, 3.8) is 0 Å². The molecule has 0 saturated carbocycles. The van der Waals surface area contributed by atoms with E-state index in [0.29, 0.717) is 5.41 Å². The van der Waals surface area contributed by atoms with Gasteiger partial charge in [0.2, 0.25) is 0 Å². The van der Waals surface area contributed by atoms with E-state index in [9.17, 15) is 0 Å². The Morgan fingerprint density at radius 2 is 2.20 bits per heavy atom. The molecule has 2 atom stereocenters. The second-order valence-corrected chi connectivity index (χ2v) is 5.50. The summed E-state index contributed by atoms with van der Waals surface area (Å²) in [5, 5.41) is 3.54. The molecule has 2 nitrogen and oxygen atoms in total. The fourth-order valence-corrected chi connectivity index (χ4v) is 3.40. The molecule has 0 radical (unpaired) electrons. The van der Waals surface area contributed by atoms with E-state index >= 15 is 0 Å². The average Bonchev–Trinajstić information content (AvgIpc) is 2.86. The van der Waals surface area contributed by atoms with Gasteiger partial charge < -0.3 is 5.32 Å². The van der Waals surface area contributed by atoms with E-state index in [2.05, 4.69) is 24.1 Å². The molecule has 2 heterocycles. The van der Waals surface area contributed by atoms with Crippen LogP contribution in [0.5, 0.6) is 0 Å². The van der Waals surface area contributed by atoms with Crippen molar-refractivity contribution in [2.24, 2.45) is 5.41 Å². The quantitative estimate of drug-likeness (QED) is 0.765. The SMILES string of the molecule is CCCC(CC)N1CCC2(CCNC2)C1. The monoisotopic (exact) mass is 210 g/mol. The van der Waals surface area contributed by atoms with Gasteiger partial charge in [0.25, 0.3) is 0 Å². The van der Waals surface area contributed by atoms with Gasteiger partial charge in [-0.25, -0.2) is 0 Å². The normalized spacial score (nSPS) is 34.0. The number of hydrogen-bond donors (Lipinski definition) is 1. The van der Waals surface area contributed by atoms with E-state index in [-0.39, 0.29) is 0 Å². The van der Waals surface area contributed by atoms with Gasteiger partial charge in [-0.15, -0.1) is 0 Å². The molecule has 0 amide bonds. The summed E-state index contributed by atoms with van der Waals surface area (Å²) in [6.45, 7) is 9.88. The Kier molecular flexibility index (Phi) is 3.68. The molecule has 1 spiro atoms. The molecule has 0 aromatic heterocycles. The highest BCUT2D eigenvalue weighted by Crippen LogP contribution is 2.37. The van der Waals surface area contributed by atoms with Gasteiger partial charge in [-0.05, 0) is 44.2 Å². The zero-order valence-corrected chi connectivity index (χ0v) is 10.4. The van der Waals surface area contributed by atoms with E-state index in [1.165, 1.54) is 58.3 Å². The van der Waals surface area contributed by atoms with Crippen molar-refractivity contribution >= 4 is 0 Å². The third kappa shape index (κ3) is 2.36. The lowest BCUT2D eigenvalue weighted by Gasteiger charge is -2.29. The first-order valence-corrected chi connectivity index (χ1v) is 6.74. The maximum absolute atomic E-state index is 3.54. The summed E-state index contributed by atoms with van der Waals surface area (Å²) in [7, 11) is 0. The van der Waals surface area contributed by atoms with Crippen molar-refractivity contribution in [1.82, 2.24) is 10.2 Å². The second-order valence-electron chi connectivity index (χ2n) is 5.50. The summed E-state index contributed by atoms with van der Waals surface area (Å²) < 4.78 is 0. The zero-order valence-electron chi connectivity index (χ0n) is 10.4. The highest BCUT2D eigenvalue weighted by molar-refractivity contribution is 4.97. The summed E-state index contributed by atoms with van der Waals surface area (Å²) in [4.78, 5) is 2.76. The van der Waals surface area contributed by atoms with Crippen molar-refractivity contribution in [2.45, 2.75) is 52.0 Å². The van der Waals surface area contributed by atoms with Crippen molar-refractivity contribution < 1.29 is 0 Å². The fraction of sp³-hybridized carbons (Fsp3) is 1.00. The van der Waals surface area contributed by atoms with Crippen LogP contribution in [0.3, 0.4) is 0 Å². The second kappa shape index (κ2) is 4.84. The van der Waals surface area contributed by atoms with Crippen LogP contribution in [0.1, 0.15) is 46.0 Å². The standard InChI is InChI=1S/C13H26N2/c1-3-5-12(4-2)15-9-7-13(11-15)6-8-14-10-13/h12,14H,3-11H2,1-2H3. The van der Waals surface area contributed by atoms with Crippen molar-refractivity contribution in [3.05, 3.63) is 0 Å². The van der Waals surface area contributed by atoms with Crippen molar-refractivity contribution in [3.8, 4) is 0 Å². The van der Waals surface area contributed by atoms with Crippen LogP contribution in [0.15, 0.2) is 0 Å². The molecule has 15 heavy (non-hydrogen) atoms. The topological polar surface area (TPSA) is 15.3 Å². The first-order valence-electron chi connectivity index (χ1n) is 6.74. The first kappa shape index (κ1) is 11.4. The third-order valence-electron chi connectivity index (χ3n) is 4.41. The summed E-state index contributed by atoms with van der Waals surface area (Å²) >= 11 is 0. The van der Waals surface area contributed by atoms with Crippen LogP contribution in [0.4, 0.5) is 0 Å².